The Hall–Kier alpha value is -2.14. The molecule has 0 bridgehead atoms. The number of ether oxygens (including phenoxy) is 1. The van der Waals surface area contributed by atoms with Gasteiger partial charge in [0.25, 0.3) is 0 Å². The zero-order chi connectivity index (χ0) is 15.9. The molecule has 117 valence electrons. The van der Waals surface area contributed by atoms with Gasteiger partial charge in [-0.25, -0.2) is 0 Å². The summed E-state index contributed by atoms with van der Waals surface area (Å²) in [6.07, 6.45) is 4.97. The van der Waals surface area contributed by atoms with E-state index in [1.165, 1.54) is 0 Å². The van der Waals surface area contributed by atoms with Gasteiger partial charge in [0.1, 0.15) is 0 Å². The van der Waals surface area contributed by atoms with E-state index in [4.69, 9.17) is 4.74 Å². The van der Waals surface area contributed by atoms with Crippen LogP contribution in [0.15, 0.2) is 30.6 Å². The molecule has 5 heteroatoms. The van der Waals surface area contributed by atoms with E-state index in [9.17, 15) is 4.79 Å². The lowest BCUT2D eigenvalue weighted by Crippen LogP contribution is -2.34. The summed E-state index contributed by atoms with van der Waals surface area (Å²) in [4.78, 5) is 11.7. The Kier molecular flexibility index (Phi) is 5.72. The Morgan fingerprint density at radius 2 is 2.27 bits per heavy atom. The predicted molar refractivity (Wildman–Crippen MR) is 85.3 cm³/mol. The molecule has 0 spiro atoms. The lowest BCUT2D eigenvalue weighted by Gasteiger charge is -2.14. The molecule has 5 nitrogen and oxygen atoms in total. The highest BCUT2D eigenvalue weighted by Crippen LogP contribution is 2.19. The number of hydrogen-bond donors (Lipinski definition) is 1. The molecule has 1 amide bonds. The lowest BCUT2D eigenvalue weighted by atomic mass is 10.0. The first kappa shape index (κ1) is 16.2. The number of rotatable bonds is 7. The molecule has 0 saturated carbocycles. The van der Waals surface area contributed by atoms with Gasteiger partial charge in [-0.05, 0) is 36.6 Å². The van der Waals surface area contributed by atoms with E-state index in [-0.39, 0.29) is 11.9 Å². The highest BCUT2D eigenvalue weighted by atomic mass is 16.5. The van der Waals surface area contributed by atoms with Crippen molar-refractivity contribution in [1.29, 1.82) is 0 Å². The minimum Gasteiger partial charge on any atom is -0.384 e. The molecule has 1 atom stereocenters. The number of amides is 1. The highest BCUT2D eigenvalue weighted by Gasteiger charge is 2.09. The van der Waals surface area contributed by atoms with Crippen molar-refractivity contribution in [2.75, 3.05) is 13.7 Å². The van der Waals surface area contributed by atoms with Gasteiger partial charge in [0.05, 0.1) is 12.8 Å². The first-order valence-electron chi connectivity index (χ1n) is 7.36. The van der Waals surface area contributed by atoms with Gasteiger partial charge in [-0.3, -0.25) is 9.48 Å². The van der Waals surface area contributed by atoms with Gasteiger partial charge in [-0.1, -0.05) is 12.1 Å². The second-order valence-electron chi connectivity index (χ2n) is 5.45. The molecule has 0 aliphatic heterocycles. The minimum atomic E-state index is 0.0155. The van der Waals surface area contributed by atoms with Gasteiger partial charge in [-0.15, -0.1) is 0 Å². The molecule has 1 N–H and O–H groups in total. The van der Waals surface area contributed by atoms with Crippen LogP contribution in [0, 0.1) is 6.07 Å². The number of carbonyl (C=O) groups is 1. The fourth-order valence-corrected chi connectivity index (χ4v) is 2.32. The number of aromatic nitrogens is 2. The van der Waals surface area contributed by atoms with Gasteiger partial charge in [0.15, 0.2) is 0 Å². The number of hydrogen-bond acceptors (Lipinski definition) is 3. The topological polar surface area (TPSA) is 56.1 Å². The summed E-state index contributed by atoms with van der Waals surface area (Å²) in [7, 11) is 3.49. The predicted octanol–water partition coefficient (Wildman–Crippen LogP) is 1.97. The molecular formula is C17H22N3O2. The molecule has 2 aromatic rings. The molecule has 1 heterocycles. The van der Waals surface area contributed by atoms with Gasteiger partial charge in [0.2, 0.25) is 5.91 Å². The Labute approximate surface area is 131 Å². The molecule has 0 fully saturated rings. The maximum Gasteiger partial charge on any atom is 0.222 e. The Morgan fingerprint density at radius 3 is 2.95 bits per heavy atom. The number of benzene rings is 1. The molecule has 0 saturated heterocycles. The van der Waals surface area contributed by atoms with Crippen LogP contribution >= 0.6 is 0 Å². The van der Waals surface area contributed by atoms with Crippen LogP contribution in [0.4, 0.5) is 0 Å². The van der Waals surface area contributed by atoms with Crippen molar-refractivity contribution in [1.82, 2.24) is 15.1 Å². The van der Waals surface area contributed by atoms with E-state index in [1.807, 2.05) is 38.5 Å². The van der Waals surface area contributed by atoms with E-state index < -0.39 is 0 Å². The maximum atomic E-state index is 11.7. The molecule has 22 heavy (non-hydrogen) atoms. The molecule has 1 aromatic heterocycles. The fraction of sp³-hybridized carbons (Fsp3) is 0.412. The number of nitrogens with one attached hydrogen (secondary N) is 1. The van der Waals surface area contributed by atoms with Crippen molar-refractivity contribution in [3.63, 3.8) is 0 Å². The third-order valence-electron chi connectivity index (χ3n) is 3.37. The molecule has 0 aliphatic carbocycles. The van der Waals surface area contributed by atoms with Gasteiger partial charge in [-0.2, -0.15) is 5.10 Å². The third kappa shape index (κ3) is 4.70. The minimum absolute atomic E-state index is 0.0155. The van der Waals surface area contributed by atoms with Crippen molar-refractivity contribution >= 4 is 5.91 Å². The van der Waals surface area contributed by atoms with Crippen LogP contribution in [0.25, 0.3) is 11.1 Å². The maximum absolute atomic E-state index is 11.7. The summed E-state index contributed by atoms with van der Waals surface area (Å²) in [6, 6.07) is 9.25. The highest BCUT2D eigenvalue weighted by molar-refractivity contribution is 5.76. The van der Waals surface area contributed by atoms with Crippen molar-refractivity contribution in [3.8, 4) is 11.1 Å². The Bertz CT molecular complexity index is 622. The molecule has 0 aliphatic rings. The third-order valence-corrected chi connectivity index (χ3v) is 3.37. The summed E-state index contributed by atoms with van der Waals surface area (Å²) in [5.41, 5.74) is 3.29. The van der Waals surface area contributed by atoms with Crippen molar-refractivity contribution in [2.24, 2.45) is 7.05 Å². The standard InChI is InChI=1S/C17H22N3O2/c1-13(19-17(21)7-8-22-3)9-14-5-4-6-15(10-14)16-11-18-20(2)12-16/h5-6,10-13H,7-9H2,1-3H3,(H,19,21)/t13-/m1/s1. The van der Waals surface area contributed by atoms with E-state index in [0.29, 0.717) is 13.0 Å². The summed E-state index contributed by atoms with van der Waals surface area (Å²) in [5, 5.41) is 7.16. The second-order valence-corrected chi connectivity index (χ2v) is 5.45. The van der Waals surface area contributed by atoms with Crippen LogP contribution in [0.1, 0.15) is 18.9 Å². The van der Waals surface area contributed by atoms with E-state index in [2.05, 4.69) is 22.5 Å². The molecular weight excluding hydrogens is 278 g/mol. The Morgan fingerprint density at radius 1 is 1.45 bits per heavy atom. The normalized spacial score (nSPS) is 12.1. The summed E-state index contributed by atoms with van der Waals surface area (Å²) in [5.74, 6) is 0.0155. The van der Waals surface area contributed by atoms with E-state index >= 15 is 0 Å². The first-order chi connectivity index (χ1) is 10.6. The monoisotopic (exact) mass is 300 g/mol. The molecule has 0 unspecified atom stereocenters. The van der Waals surface area contributed by atoms with Crippen molar-refractivity contribution < 1.29 is 9.53 Å². The van der Waals surface area contributed by atoms with Crippen LogP contribution in [0.5, 0.6) is 0 Å². The largest absolute Gasteiger partial charge is 0.384 e. The van der Waals surface area contributed by atoms with Crippen LogP contribution in [-0.2, 0) is 23.0 Å². The molecule has 2 rings (SSSR count). The zero-order valence-electron chi connectivity index (χ0n) is 13.3. The van der Waals surface area contributed by atoms with Crippen LogP contribution < -0.4 is 5.32 Å². The lowest BCUT2D eigenvalue weighted by molar-refractivity contribution is -0.122. The van der Waals surface area contributed by atoms with Gasteiger partial charge >= 0.3 is 0 Å². The number of aryl methyl sites for hydroxylation is 1. The summed E-state index contributed by atoms with van der Waals surface area (Å²) in [6.45, 7) is 2.45. The zero-order valence-corrected chi connectivity index (χ0v) is 13.3. The second kappa shape index (κ2) is 7.75. The summed E-state index contributed by atoms with van der Waals surface area (Å²) >= 11 is 0. The fourth-order valence-electron chi connectivity index (χ4n) is 2.32. The molecule has 1 aromatic carbocycles. The van der Waals surface area contributed by atoms with E-state index in [1.54, 1.807) is 11.8 Å². The molecule has 1 radical (unpaired) electrons. The summed E-state index contributed by atoms with van der Waals surface area (Å²) < 4.78 is 6.68. The first-order valence-corrected chi connectivity index (χ1v) is 7.36. The Balaban J connectivity index is 1.97. The number of nitrogens with zero attached hydrogens (tertiary/aromatic N) is 2. The van der Waals surface area contributed by atoms with Crippen molar-refractivity contribution in [2.45, 2.75) is 25.8 Å². The van der Waals surface area contributed by atoms with E-state index in [0.717, 1.165) is 23.1 Å². The smallest absolute Gasteiger partial charge is 0.222 e. The van der Waals surface area contributed by atoms with Crippen LogP contribution in [-0.4, -0.2) is 35.4 Å². The van der Waals surface area contributed by atoms with Gasteiger partial charge < -0.3 is 10.1 Å². The average Bonchev–Trinajstić information content (AvgIpc) is 2.92. The quantitative estimate of drug-likeness (QED) is 0.850. The van der Waals surface area contributed by atoms with Crippen LogP contribution in [0.2, 0.25) is 0 Å². The SMILES string of the molecule is COCCC(=O)N[C@H](C)Cc1c[c]cc(-c2cnn(C)c2)c1. The number of methoxy groups -OCH3 is 1. The number of carbonyl (C=O) groups excluding carboxylic acids is 1. The van der Waals surface area contributed by atoms with Gasteiger partial charge in [0, 0.05) is 38.4 Å². The average molecular weight is 300 g/mol. The van der Waals surface area contributed by atoms with Crippen LogP contribution in [0.3, 0.4) is 0 Å². The van der Waals surface area contributed by atoms with Crippen molar-refractivity contribution in [3.05, 3.63) is 42.2 Å².